The molecule has 0 aliphatic heterocycles. The number of amides is 4. The molecule has 0 saturated heterocycles. The van der Waals surface area contributed by atoms with Crippen molar-refractivity contribution in [1.82, 2.24) is 20.9 Å². The number of halogens is 5. The van der Waals surface area contributed by atoms with Crippen molar-refractivity contribution in [2.75, 3.05) is 0 Å². The molecule has 3 aromatic rings. The highest BCUT2D eigenvalue weighted by Crippen LogP contribution is 2.38. The van der Waals surface area contributed by atoms with Crippen LogP contribution in [0.1, 0.15) is 63.8 Å². The van der Waals surface area contributed by atoms with Gasteiger partial charge in [-0.15, -0.1) is 13.2 Å². The maximum atomic E-state index is 14.3. The van der Waals surface area contributed by atoms with Gasteiger partial charge in [0.25, 0.3) is 0 Å². The Morgan fingerprint density at radius 3 is 2.34 bits per heavy atom. The van der Waals surface area contributed by atoms with E-state index in [1.165, 1.54) is 12.1 Å². The SMILES string of the molecule is CC[C@H](C)C(NC(=O)[C@@]1(NC(=O)C(NC(=O)OCc2cccc(OC(F)(F)F)c2)[C@@H](C)CC)CCc2[nH]c3c(Cl)cc(Cl)cc3c2C1)C(N)=O. The maximum absolute atomic E-state index is 14.3. The molecule has 4 rings (SSSR count). The molecular formula is C34H40Cl2F3N5O6. The summed E-state index contributed by atoms with van der Waals surface area (Å²) in [5.74, 6) is -3.29. The van der Waals surface area contributed by atoms with Gasteiger partial charge in [-0.2, -0.15) is 0 Å². The first-order valence-corrected chi connectivity index (χ1v) is 16.9. The van der Waals surface area contributed by atoms with E-state index in [-0.39, 0.29) is 24.3 Å². The lowest BCUT2D eigenvalue weighted by atomic mass is 9.78. The van der Waals surface area contributed by atoms with Crippen molar-refractivity contribution in [2.24, 2.45) is 17.6 Å². The minimum Gasteiger partial charge on any atom is -0.445 e. The van der Waals surface area contributed by atoms with Gasteiger partial charge >= 0.3 is 12.5 Å². The molecule has 16 heteroatoms. The molecule has 0 fully saturated rings. The van der Waals surface area contributed by atoms with Crippen LogP contribution in [-0.4, -0.2) is 52.8 Å². The van der Waals surface area contributed by atoms with Gasteiger partial charge in [0, 0.05) is 22.5 Å². The van der Waals surface area contributed by atoms with E-state index in [0.29, 0.717) is 45.8 Å². The van der Waals surface area contributed by atoms with Crippen LogP contribution in [0, 0.1) is 11.8 Å². The highest BCUT2D eigenvalue weighted by molar-refractivity contribution is 6.38. The second-order valence-corrected chi connectivity index (χ2v) is 13.5. The number of carbonyl (C=O) groups is 4. The van der Waals surface area contributed by atoms with Gasteiger partial charge in [0.05, 0.1) is 10.5 Å². The minimum atomic E-state index is -4.90. The normalized spacial score (nSPS) is 18.3. The minimum absolute atomic E-state index is 0.00340. The average molecular weight is 743 g/mol. The molecule has 5 atom stereocenters. The van der Waals surface area contributed by atoms with Gasteiger partial charge in [-0.05, 0) is 60.1 Å². The van der Waals surface area contributed by atoms with Crippen molar-refractivity contribution in [3.63, 3.8) is 0 Å². The first-order valence-electron chi connectivity index (χ1n) is 16.2. The maximum Gasteiger partial charge on any atom is 0.573 e. The Morgan fingerprint density at radius 1 is 1.02 bits per heavy atom. The fourth-order valence-electron chi connectivity index (χ4n) is 6.00. The van der Waals surface area contributed by atoms with E-state index >= 15 is 0 Å². The number of H-pyrrole nitrogens is 1. The van der Waals surface area contributed by atoms with Crippen LogP contribution in [0.15, 0.2) is 36.4 Å². The van der Waals surface area contributed by atoms with Crippen LogP contribution < -0.4 is 26.4 Å². The summed E-state index contributed by atoms with van der Waals surface area (Å²) >= 11 is 12.8. The lowest BCUT2D eigenvalue weighted by Gasteiger charge is -2.39. The zero-order valence-electron chi connectivity index (χ0n) is 27.9. The highest BCUT2D eigenvalue weighted by Gasteiger charge is 2.47. The van der Waals surface area contributed by atoms with Gasteiger partial charge in [-0.25, -0.2) is 4.79 Å². The third kappa shape index (κ3) is 9.13. The van der Waals surface area contributed by atoms with Crippen LogP contribution in [0.3, 0.4) is 0 Å². The molecule has 11 nitrogen and oxygen atoms in total. The van der Waals surface area contributed by atoms with Crippen LogP contribution in [0.25, 0.3) is 10.9 Å². The third-order valence-electron chi connectivity index (χ3n) is 9.17. The van der Waals surface area contributed by atoms with E-state index in [4.69, 9.17) is 33.7 Å². The number of aryl methyl sites for hydroxylation is 1. The van der Waals surface area contributed by atoms with Gasteiger partial charge in [0.15, 0.2) is 0 Å². The van der Waals surface area contributed by atoms with Gasteiger partial charge in [0.2, 0.25) is 17.7 Å². The summed E-state index contributed by atoms with van der Waals surface area (Å²) in [5, 5.41) is 9.65. The molecule has 2 unspecified atom stereocenters. The number of alkyl halides is 3. The van der Waals surface area contributed by atoms with E-state index in [0.717, 1.165) is 17.8 Å². The van der Waals surface area contributed by atoms with Crippen molar-refractivity contribution >= 4 is 57.9 Å². The Morgan fingerprint density at radius 2 is 1.70 bits per heavy atom. The number of hydrogen-bond donors (Lipinski definition) is 5. The molecule has 0 radical (unpaired) electrons. The topological polar surface area (TPSA) is 165 Å². The van der Waals surface area contributed by atoms with Gasteiger partial charge < -0.3 is 36.1 Å². The van der Waals surface area contributed by atoms with Crippen molar-refractivity contribution in [3.8, 4) is 5.75 Å². The molecule has 1 heterocycles. The van der Waals surface area contributed by atoms with Crippen molar-refractivity contribution in [2.45, 2.75) is 90.4 Å². The van der Waals surface area contributed by atoms with Crippen LogP contribution in [0.2, 0.25) is 10.0 Å². The van der Waals surface area contributed by atoms with Crippen molar-refractivity contribution in [1.29, 1.82) is 0 Å². The molecule has 1 aliphatic carbocycles. The summed E-state index contributed by atoms with van der Waals surface area (Å²) in [4.78, 5) is 57.1. The number of ether oxygens (including phenoxy) is 2. The number of hydrogen-bond acceptors (Lipinski definition) is 6. The zero-order chi connectivity index (χ0) is 37.0. The van der Waals surface area contributed by atoms with Gasteiger partial charge in [0.1, 0.15) is 30.0 Å². The third-order valence-corrected chi connectivity index (χ3v) is 9.69. The first kappa shape index (κ1) is 38.6. The Labute approximate surface area is 297 Å². The molecule has 50 heavy (non-hydrogen) atoms. The lowest BCUT2D eigenvalue weighted by molar-refractivity contribution is -0.274. The highest BCUT2D eigenvalue weighted by atomic mass is 35.5. The predicted octanol–water partition coefficient (Wildman–Crippen LogP) is 6.07. The van der Waals surface area contributed by atoms with E-state index < -0.39 is 66.1 Å². The first-order chi connectivity index (χ1) is 23.5. The van der Waals surface area contributed by atoms with E-state index in [1.54, 1.807) is 26.0 Å². The van der Waals surface area contributed by atoms with E-state index in [9.17, 15) is 32.3 Å². The number of rotatable bonds is 13. The lowest BCUT2D eigenvalue weighted by Crippen LogP contribution is -2.67. The molecule has 2 aromatic carbocycles. The largest absolute Gasteiger partial charge is 0.573 e. The molecule has 1 aromatic heterocycles. The van der Waals surface area contributed by atoms with Crippen LogP contribution in [0.4, 0.5) is 18.0 Å². The van der Waals surface area contributed by atoms with E-state index in [2.05, 4.69) is 25.7 Å². The van der Waals surface area contributed by atoms with Crippen molar-refractivity contribution in [3.05, 3.63) is 63.3 Å². The Bertz CT molecular complexity index is 1750. The molecule has 0 bridgehead atoms. The van der Waals surface area contributed by atoms with Crippen LogP contribution in [0.5, 0.6) is 5.75 Å². The summed E-state index contributed by atoms with van der Waals surface area (Å²) in [5.41, 5.74) is 6.43. The summed E-state index contributed by atoms with van der Waals surface area (Å²) in [6.45, 7) is 6.75. The fourth-order valence-corrected chi connectivity index (χ4v) is 6.54. The summed E-state index contributed by atoms with van der Waals surface area (Å²) in [6.07, 6.45) is -4.49. The van der Waals surface area contributed by atoms with Gasteiger partial charge in [-0.3, -0.25) is 14.4 Å². The monoisotopic (exact) mass is 741 g/mol. The molecule has 0 saturated carbocycles. The fraction of sp³-hybridized carbons (Fsp3) is 0.471. The number of benzene rings is 2. The summed E-state index contributed by atoms with van der Waals surface area (Å²) < 4.78 is 47.1. The number of primary amides is 1. The Kier molecular flexibility index (Phi) is 12.2. The Balaban J connectivity index is 1.61. The number of nitrogens with one attached hydrogen (secondary N) is 4. The smallest absolute Gasteiger partial charge is 0.445 e. The molecule has 0 spiro atoms. The molecule has 272 valence electrons. The zero-order valence-corrected chi connectivity index (χ0v) is 29.4. The number of aromatic nitrogens is 1. The predicted molar refractivity (Wildman–Crippen MR) is 181 cm³/mol. The molecule has 6 N–H and O–H groups in total. The number of alkyl carbamates (subject to hydrolysis) is 1. The van der Waals surface area contributed by atoms with Crippen LogP contribution in [-0.2, 0) is 38.6 Å². The standard InChI is InChI=1S/C34H40Cl2F3N5O6/c1-5-17(3)26(29(40)45)42-31(47)33(11-10-25-23(15-33)22-13-20(35)14-24(36)28(22)41-25)44-30(46)27(18(4)6-2)43-32(48)49-16-19-8-7-9-21(12-19)50-34(37,38)39/h7-9,12-14,17-18,26-27,41H,5-6,10-11,15-16H2,1-4H3,(H2,40,45)(H,42,47)(H,43,48)(H,44,46)/t17-,18-,26?,27?,33+/m0/s1. The summed E-state index contributed by atoms with van der Waals surface area (Å²) in [6, 6.07) is 6.03. The Hall–Kier alpha value is -4.17. The quantitative estimate of drug-likeness (QED) is 0.143. The number of aromatic amines is 1. The molecule has 4 amide bonds. The van der Waals surface area contributed by atoms with Crippen molar-refractivity contribution < 1.29 is 41.8 Å². The summed E-state index contributed by atoms with van der Waals surface area (Å²) in [7, 11) is 0. The van der Waals surface area contributed by atoms with E-state index in [1.807, 2.05) is 13.8 Å². The van der Waals surface area contributed by atoms with Crippen LogP contribution >= 0.6 is 23.2 Å². The number of fused-ring (bicyclic) bond motifs is 3. The number of carbonyl (C=O) groups excluding carboxylic acids is 4. The average Bonchev–Trinajstić information content (AvgIpc) is 3.41. The second kappa shape index (κ2) is 15.8. The second-order valence-electron chi connectivity index (χ2n) is 12.7. The van der Waals surface area contributed by atoms with Gasteiger partial charge in [-0.1, -0.05) is 75.9 Å². The molecular weight excluding hydrogens is 702 g/mol. The number of nitrogens with two attached hydrogens (primary N) is 1. The molecule has 1 aliphatic rings.